The second kappa shape index (κ2) is 6.31. The molecule has 0 spiro atoms. The molecule has 1 aliphatic heterocycles. The largest absolute Gasteiger partial charge is 0.497 e. The van der Waals surface area contributed by atoms with Gasteiger partial charge >= 0.3 is 0 Å². The van der Waals surface area contributed by atoms with Crippen LogP contribution in [0.25, 0.3) is 6.08 Å². The number of amides is 1. The van der Waals surface area contributed by atoms with E-state index < -0.39 is 9.84 Å². The Bertz CT molecular complexity index is 751. The van der Waals surface area contributed by atoms with Crippen LogP contribution in [0.4, 0.5) is 0 Å². The van der Waals surface area contributed by atoms with Crippen molar-refractivity contribution >= 4 is 27.5 Å². The van der Waals surface area contributed by atoms with E-state index in [2.05, 4.69) is 10.5 Å². The number of rotatable bonds is 4. The van der Waals surface area contributed by atoms with Gasteiger partial charge < -0.3 is 4.74 Å². The Morgan fingerprint density at radius 2 is 2.09 bits per heavy atom. The number of hydrogen-bond acceptors (Lipinski definition) is 5. The molecule has 0 bridgehead atoms. The first-order chi connectivity index (χ1) is 10.3. The molecule has 0 saturated heterocycles. The number of hydrazone groups is 1. The van der Waals surface area contributed by atoms with Gasteiger partial charge in [-0.05, 0) is 29.8 Å². The zero-order chi connectivity index (χ0) is 16.3. The zero-order valence-electron chi connectivity index (χ0n) is 12.7. The van der Waals surface area contributed by atoms with Crippen molar-refractivity contribution in [3.8, 4) is 5.75 Å². The Hall–Kier alpha value is -2.15. The molecule has 0 fully saturated rings. The number of sulfone groups is 1. The minimum atomic E-state index is -3.35. The molecule has 0 radical (unpaired) electrons. The standard InChI is InChI=1S/C15H18N2O4S/c1-10-8-15(18)17-16-13(10)6-4-11-9-12(21-2)5-7-14(11)22(3,19)20/h4-7,9-10H,8H2,1-3H3,(H,17,18). The Morgan fingerprint density at radius 1 is 1.36 bits per heavy atom. The summed E-state index contributed by atoms with van der Waals surface area (Å²) < 4.78 is 28.8. The Morgan fingerprint density at radius 3 is 2.68 bits per heavy atom. The van der Waals surface area contributed by atoms with Crippen molar-refractivity contribution in [2.45, 2.75) is 18.2 Å². The van der Waals surface area contributed by atoms with Crippen molar-refractivity contribution < 1.29 is 17.9 Å². The van der Waals surface area contributed by atoms with Crippen LogP contribution in [0, 0.1) is 5.92 Å². The summed E-state index contributed by atoms with van der Waals surface area (Å²) in [4.78, 5) is 11.4. The fourth-order valence-electron chi connectivity index (χ4n) is 2.16. The minimum absolute atomic E-state index is 0.0164. The predicted octanol–water partition coefficient (Wildman–Crippen LogP) is 1.62. The van der Waals surface area contributed by atoms with E-state index in [1.165, 1.54) is 13.2 Å². The van der Waals surface area contributed by atoms with Crippen LogP contribution >= 0.6 is 0 Å². The average molecular weight is 322 g/mol. The third-order valence-electron chi connectivity index (χ3n) is 3.36. The van der Waals surface area contributed by atoms with Crippen LogP contribution in [0.1, 0.15) is 18.9 Å². The summed E-state index contributed by atoms with van der Waals surface area (Å²) in [5, 5.41) is 3.99. The fourth-order valence-corrected chi connectivity index (χ4v) is 3.03. The maximum absolute atomic E-state index is 11.8. The Balaban J connectivity index is 2.39. The molecule has 0 saturated carbocycles. The lowest BCUT2D eigenvalue weighted by Crippen LogP contribution is -2.30. The van der Waals surface area contributed by atoms with Gasteiger partial charge in [-0.3, -0.25) is 4.79 Å². The SMILES string of the molecule is COc1ccc(S(C)(=O)=O)c(C=CC2=NNC(=O)CC2C)c1. The van der Waals surface area contributed by atoms with Crippen LogP contribution < -0.4 is 10.2 Å². The molecule has 6 nitrogen and oxygen atoms in total. The molecular weight excluding hydrogens is 304 g/mol. The molecule has 1 N–H and O–H groups in total. The summed E-state index contributed by atoms with van der Waals surface area (Å²) >= 11 is 0. The molecule has 118 valence electrons. The van der Waals surface area contributed by atoms with Gasteiger partial charge in [-0.2, -0.15) is 5.10 Å². The lowest BCUT2D eigenvalue weighted by atomic mass is 9.99. The summed E-state index contributed by atoms with van der Waals surface area (Å²) in [5.41, 5.74) is 3.64. The summed E-state index contributed by atoms with van der Waals surface area (Å²) in [6.07, 6.45) is 4.91. The summed E-state index contributed by atoms with van der Waals surface area (Å²) in [6.45, 7) is 1.89. The highest BCUT2D eigenvalue weighted by Gasteiger charge is 2.18. The molecule has 22 heavy (non-hydrogen) atoms. The number of carbonyl (C=O) groups excluding carboxylic acids is 1. The van der Waals surface area contributed by atoms with E-state index in [0.717, 1.165) is 6.26 Å². The molecule has 1 amide bonds. The van der Waals surface area contributed by atoms with Crippen molar-refractivity contribution in [1.82, 2.24) is 5.43 Å². The number of methoxy groups -OCH3 is 1. The Labute approximate surface area is 129 Å². The van der Waals surface area contributed by atoms with E-state index in [1.807, 2.05) is 6.92 Å². The van der Waals surface area contributed by atoms with E-state index >= 15 is 0 Å². The molecule has 2 rings (SSSR count). The molecule has 0 aliphatic carbocycles. The zero-order valence-corrected chi connectivity index (χ0v) is 13.5. The maximum atomic E-state index is 11.8. The summed E-state index contributed by atoms with van der Waals surface area (Å²) in [6, 6.07) is 4.77. The van der Waals surface area contributed by atoms with E-state index in [4.69, 9.17) is 4.74 Å². The monoisotopic (exact) mass is 322 g/mol. The van der Waals surface area contributed by atoms with Gasteiger partial charge in [-0.1, -0.05) is 13.0 Å². The third kappa shape index (κ3) is 3.73. The van der Waals surface area contributed by atoms with Crippen LogP contribution in [-0.2, 0) is 14.6 Å². The van der Waals surface area contributed by atoms with E-state index in [-0.39, 0.29) is 16.7 Å². The van der Waals surface area contributed by atoms with Gasteiger partial charge in [0.2, 0.25) is 5.91 Å². The van der Waals surface area contributed by atoms with Gasteiger partial charge in [0.15, 0.2) is 9.84 Å². The fraction of sp³-hybridized carbons (Fsp3) is 0.333. The maximum Gasteiger partial charge on any atom is 0.240 e. The summed E-state index contributed by atoms with van der Waals surface area (Å²) in [5.74, 6) is 0.430. The lowest BCUT2D eigenvalue weighted by molar-refractivity contribution is -0.121. The van der Waals surface area contributed by atoms with Gasteiger partial charge in [0.05, 0.1) is 17.7 Å². The molecule has 1 unspecified atom stereocenters. The quantitative estimate of drug-likeness (QED) is 0.913. The second-order valence-corrected chi connectivity index (χ2v) is 7.17. The number of ether oxygens (including phenoxy) is 1. The van der Waals surface area contributed by atoms with Gasteiger partial charge in [0.1, 0.15) is 5.75 Å². The van der Waals surface area contributed by atoms with Crippen LogP contribution in [0.5, 0.6) is 5.75 Å². The van der Waals surface area contributed by atoms with Gasteiger partial charge in [0.25, 0.3) is 0 Å². The van der Waals surface area contributed by atoms with Crippen molar-refractivity contribution in [1.29, 1.82) is 0 Å². The average Bonchev–Trinajstić information content (AvgIpc) is 2.45. The number of hydrogen-bond donors (Lipinski definition) is 1. The normalized spacial score (nSPS) is 19.0. The van der Waals surface area contributed by atoms with Crippen molar-refractivity contribution in [3.05, 3.63) is 29.8 Å². The highest BCUT2D eigenvalue weighted by atomic mass is 32.2. The van der Waals surface area contributed by atoms with Crippen molar-refractivity contribution in [2.75, 3.05) is 13.4 Å². The Kier molecular flexibility index (Phi) is 4.65. The lowest BCUT2D eigenvalue weighted by Gasteiger charge is -2.16. The minimum Gasteiger partial charge on any atom is -0.497 e. The van der Waals surface area contributed by atoms with Crippen LogP contribution in [0.2, 0.25) is 0 Å². The van der Waals surface area contributed by atoms with Crippen LogP contribution in [0.3, 0.4) is 0 Å². The van der Waals surface area contributed by atoms with Crippen LogP contribution in [0.15, 0.2) is 34.3 Å². The van der Waals surface area contributed by atoms with Gasteiger partial charge in [0, 0.05) is 18.6 Å². The number of benzene rings is 1. The van der Waals surface area contributed by atoms with Gasteiger partial charge in [-0.25, -0.2) is 13.8 Å². The predicted molar refractivity (Wildman–Crippen MR) is 84.5 cm³/mol. The molecule has 1 heterocycles. The second-order valence-electron chi connectivity index (χ2n) is 5.19. The highest BCUT2D eigenvalue weighted by molar-refractivity contribution is 7.90. The third-order valence-corrected chi connectivity index (χ3v) is 4.53. The highest BCUT2D eigenvalue weighted by Crippen LogP contribution is 2.23. The smallest absolute Gasteiger partial charge is 0.240 e. The van der Waals surface area contributed by atoms with E-state index in [0.29, 0.717) is 23.4 Å². The molecule has 7 heteroatoms. The van der Waals surface area contributed by atoms with Crippen molar-refractivity contribution in [3.63, 3.8) is 0 Å². The molecular formula is C15H18N2O4S. The molecule has 1 aromatic carbocycles. The van der Waals surface area contributed by atoms with E-state index in [1.54, 1.807) is 24.3 Å². The molecule has 1 aromatic rings. The van der Waals surface area contributed by atoms with E-state index in [9.17, 15) is 13.2 Å². The topological polar surface area (TPSA) is 84.8 Å². The number of nitrogens with zero attached hydrogens (tertiary/aromatic N) is 1. The molecule has 1 atom stereocenters. The number of carbonyl (C=O) groups is 1. The van der Waals surface area contributed by atoms with Crippen molar-refractivity contribution in [2.24, 2.45) is 11.0 Å². The number of allylic oxidation sites excluding steroid dienone is 1. The summed E-state index contributed by atoms with van der Waals surface area (Å²) in [7, 11) is -1.83. The van der Waals surface area contributed by atoms with Gasteiger partial charge in [-0.15, -0.1) is 0 Å². The van der Waals surface area contributed by atoms with Crippen LogP contribution in [-0.4, -0.2) is 33.4 Å². The first kappa shape index (κ1) is 16.2. The molecule has 1 aliphatic rings. The number of nitrogens with one attached hydrogen (secondary N) is 1. The first-order valence-electron chi connectivity index (χ1n) is 6.74. The first-order valence-corrected chi connectivity index (χ1v) is 8.63. The molecule has 0 aromatic heterocycles.